The summed E-state index contributed by atoms with van der Waals surface area (Å²) in [5.41, 5.74) is 3.71. The third kappa shape index (κ3) is 4.04. The van der Waals surface area contributed by atoms with Crippen molar-refractivity contribution in [2.75, 3.05) is 6.54 Å². The number of nitrogens with zero attached hydrogens (tertiary/aromatic N) is 2. The van der Waals surface area contributed by atoms with E-state index in [-0.39, 0.29) is 17.0 Å². The van der Waals surface area contributed by atoms with Crippen LogP contribution in [0.5, 0.6) is 0 Å². The molecule has 0 N–H and O–H groups in total. The lowest BCUT2D eigenvalue weighted by molar-refractivity contribution is -0.123. The van der Waals surface area contributed by atoms with E-state index in [2.05, 4.69) is 0 Å². The maximum absolute atomic E-state index is 13.3. The van der Waals surface area contributed by atoms with E-state index in [4.69, 9.17) is 0 Å². The third-order valence-electron chi connectivity index (χ3n) is 5.88. The zero-order chi connectivity index (χ0) is 20.5. The van der Waals surface area contributed by atoms with Crippen LogP contribution in [0, 0.1) is 25.6 Å². The molecule has 29 heavy (non-hydrogen) atoms. The number of hydrogen-bond acceptors (Lipinski definition) is 3. The van der Waals surface area contributed by atoms with Crippen molar-refractivity contribution in [1.29, 1.82) is 0 Å². The lowest BCUT2D eigenvalue weighted by Crippen LogP contribution is -2.34. The molecule has 1 aromatic carbocycles. The van der Waals surface area contributed by atoms with Gasteiger partial charge in [0, 0.05) is 23.6 Å². The number of amides is 2. The third-order valence-corrected chi connectivity index (χ3v) is 6.79. The fourth-order valence-electron chi connectivity index (χ4n) is 4.35. The van der Waals surface area contributed by atoms with Crippen molar-refractivity contribution >= 4 is 29.0 Å². The summed E-state index contributed by atoms with van der Waals surface area (Å²) in [6.45, 7) is 4.48. The van der Waals surface area contributed by atoms with E-state index in [9.17, 15) is 14.0 Å². The molecule has 4 rings (SSSR count). The Hall–Kier alpha value is -2.34. The smallest absolute Gasteiger partial charge is 0.293 e. The van der Waals surface area contributed by atoms with Crippen LogP contribution in [0.1, 0.15) is 49.1 Å². The van der Waals surface area contributed by atoms with Crippen LogP contribution in [0.25, 0.3) is 11.8 Å². The fourth-order valence-corrected chi connectivity index (χ4v) is 5.19. The van der Waals surface area contributed by atoms with Crippen LogP contribution < -0.4 is 0 Å². The molecular formula is C23H25FN2O2S. The van der Waals surface area contributed by atoms with Gasteiger partial charge in [-0.2, -0.15) is 0 Å². The van der Waals surface area contributed by atoms with Crippen LogP contribution in [0.2, 0.25) is 0 Å². The molecule has 1 aromatic heterocycles. The standard InChI is InChI=1S/C23H25FN2O2S/c1-15-12-18(16(2)26(15)20-10-8-19(24)9-11-20)13-21-22(27)25(23(28)29-21)14-17-6-4-3-5-7-17/h8-13,17H,3-7,14H2,1-2H3/b21-13+. The Morgan fingerprint density at radius 2 is 1.79 bits per heavy atom. The molecule has 0 unspecified atom stereocenters. The molecule has 152 valence electrons. The number of thioether (sulfide) groups is 1. The molecule has 2 fully saturated rings. The van der Waals surface area contributed by atoms with Crippen molar-refractivity contribution in [2.24, 2.45) is 5.92 Å². The number of hydrogen-bond donors (Lipinski definition) is 0. The minimum absolute atomic E-state index is 0.167. The molecule has 2 heterocycles. The minimum atomic E-state index is -0.275. The normalized spacial score (nSPS) is 19.6. The van der Waals surface area contributed by atoms with Crippen LogP contribution in [0.3, 0.4) is 0 Å². The largest absolute Gasteiger partial charge is 0.318 e. The van der Waals surface area contributed by atoms with Crippen molar-refractivity contribution in [2.45, 2.75) is 46.0 Å². The molecule has 1 aliphatic heterocycles. The number of rotatable bonds is 4. The van der Waals surface area contributed by atoms with E-state index in [0.29, 0.717) is 17.4 Å². The van der Waals surface area contributed by atoms with Crippen LogP contribution in [-0.4, -0.2) is 27.2 Å². The van der Waals surface area contributed by atoms with Gasteiger partial charge in [0.05, 0.1) is 4.91 Å². The first-order valence-corrected chi connectivity index (χ1v) is 11.0. The van der Waals surface area contributed by atoms with Crippen molar-refractivity contribution < 1.29 is 14.0 Å². The summed E-state index contributed by atoms with van der Waals surface area (Å²) < 4.78 is 15.3. The minimum Gasteiger partial charge on any atom is -0.318 e. The molecule has 2 aromatic rings. The monoisotopic (exact) mass is 412 g/mol. The number of imide groups is 1. The lowest BCUT2D eigenvalue weighted by atomic mass is 9.89. The summed E-state index contributed by atoms with van der Waals surface area (Å²) in [5, 5.41) is -0.167. The van der Waals surface area contributed by atoms with Crippen molar-refractivity contribution in [3.8, 4) is 5.69 Å². The first-order valence-electron chi connectivity index (χ1n) is 10.1. The highest BCUT2D eigenvalue weighted by atomic mass is 32.2. The molecule has 1 aliphatic carbocycles. The Kier molecular flexibility index (Phi) is 5.63. The summed E-state index contributed by atoms with van der Waals surface area (Å²) in [4.78, 5) is 27.2. The molecule has 1 saturated heterocycles. The molecule has 6 heteroatoms. The van der Waals surface area contributed by atoms with Gasteiger partial charge in [-0.1, -0.05) is 19.3 Å². The molecule has 0 radical (unpaired) electrons. The Morgan fingerprint density at radius 1 is 1.10 bits per heavy atom. The predicted octanol–water partition coefficient (Wildman–Crippen LogP) is 5.85. The molecule has 2 aliphatic rings. The van der Waals surface area contributed by atoms with Gasteiger partial charge in [0.25, 0.3) is 11.1 Å². The summed E-state index contributed by atoms with van der Waals surface area (Å²) in [6, 6.07) is 8.33. The van der Waals surface area contributed by atoms with Crippen molar-refractivity contribution in [3.05, 3.63) is 58.0 Å². The van der Waals surface area contributed by atoms with E-state index < -0.39 is 0 Å². The van der Waals surface area contributed by atoms with Crippen LogP contribution >= 0.6 is 11.8 Å². The quantitative estimate of drug-likeness (QED) is 0.592. The first-order chi connectivity index (χ1) is 13.9. The fraction of sp³-hybridized carbons (Fsp3) is 0.391. The number of halogens is 1. The predicted molar refractivity (Wildman–Crippen MR) is 114 cm³/mol. The second kappa shape index (κ2) is 8.19. The maximum Gasteiger partial charge on any atom is 0.293 e. The molecular weight excluding hydrogens is 387 g/mol. The van der Waals surface area contributed by atoms with E-state index in [1.165, 1.54) is 36.3 Å². The lowest BCUT2D eigenvalue weighted by Gasteiger charge is -2.25. The SMILES string of the molecule is Cc1cc(/C=C2/SC(=O)N(CC3CCCCC3)C2=O)c(C)n1-c1ccc(F)cc1. The van der Waals surface area contributed by atoms with Crippen LogP contribution in [0.4, 0.5) is 9.18 Å². The molecule has 0 atom stereocenters. The van der Waals surface area contributed by atoms with Gasteiger partial charge < -0.3 is 4.57 Å². The van der Waals surface area contributed by atoms with Crippen LogP contribution in [0.15, 0.2) is 35.2 Å². The van der Waals surface area contributed by atoms with Gasteiger partial charge in [-0.3, -0.25) is 14.5 Å². The van der Waals surface area contributed by atoms with E-state index in [0.717, 1.165) is 47.2 Å². The summed E-state index contributed by atoms with van der Waals surface area (Å²) in [7, 11) is 0. The summed E-state index contributed by atoms with van der Waals surface area (Å²) in [5.74, 6) is -0.0274. The topological polar surface area (TPSA) is 42.3 Å². The van der Waals surface area contributed by atoms with Gasteiger partial charge in [0.1, 0.15) is 5.82 Å². The Labute approximate surface area is 174 Å². The zero-order valence-electron chi connectivity index (χ0n) is 16.8. The molecule has 4 nitrogen and oxygen atoms in total. The first kappa shape index (κ1) is 20.0. The number of aryl methyl sites for hydroxylation is 1. The summed E-state index contributed by atoms with van der Waals surface area (Å²) >= 11 is 1.03. The van der Waals surface area contributed by atoms with Crippen molar-refractivity contribution in [3.63, 3.8) is 0 Å². The highest BCUT2D eigenvalue weighted by Crippen LogP contribution is 2.35. The molecule has 0 spiro atoms. The highest BCUT2D eigenvalue weighted by molar-refractivity contribution is 8.18. The average molecular weight is 413 g/mol. The Bertz CT molecular complexity index is 972. The van der Waals surface area contributed by atoms with Crippen molar-refractivity contribution in [1.82, 2.24) is 9.47 Å². The Morgan fingerprint density at radius 3 is 2.48 bits per heavy atom. The van der Waals surface area contributed by atoms with Gasteiger partial charge in [-0.25, -0.2) is 4.39 Å². The van der Waals surface area contributed by atoms with Crippen LogP contribution in [-0.2, 0) is 4.79 Å². The van der Waals surface area contributed by atoms with E-state index in [1.54, 1.807) is 12.1 Å². The molecule has 0 bridgehead atoms. The zero-order valence-corrected chi connectivity index (χ0v) is 17.6. The Balaban J connectivity index is 1.58. The van der Waals surface area contributed by atoms with Gasteiger partial charge in [-0.05, 0) is 86.3 Å². The highest BCUT2D eigenvalue weighted by Gasteiger charge is 2.36. The summed E-state index contributed by atoms with van der Waals surface area (Å²) in [6.07, 6.45) is 7.63. The average Bonchev–Trinajstić information content (AvgIpc) is 3.13. The van der Waals surface area contributed by atoms with Gasteiger partial charge >= 0.3 is 0 Å². The van der Waals surface area contributed by atoms with Gasteiger partial charge in [-0.15, -0.1) is 0 Å². The van der Waals surface area contributed by atoms with Gasteiger partial charge in [0.15, 0.2) is 0 Å². The second-order valence-corrected chi connectivity index (χ2v) is 8.93. The molecule has 1 saturated carbocycles. The van der Waals surface area contributed by atoms with E-state index >= 15 is 0 Å². The van der Waals surface area contributed by atoms with E-state index in [1.807, 2.05) is 30.6 Å². The number of carbonyl (C=O) groups excluding carboxylic acids is 2. The number of carbonyl (C=O) groups is 2. The molecule has 2 amide bonds. The number of aromatic nitrogens is 1. The van der Waals surface area contributed by atoms with Gasteiger partial charge in [0.2, 0.25) is 0 Å². The maximum atomic E-state index is 13.3. The number of benzene rings is 1. The second-order valence-electron chi connectivity index (χ2n) is 7.93.